The molecule has 1 heterocycles. The van der Waals surface area contributed by atoms with Gasteiger partial charge in [-0.15, -0.1) is 0 Å². The molecule has 0 aromatic carbocycles. The molecule has 1 fully saturated rings. The minimum Gasteiger partial charge on any atom is -0.481 e. The van der Waals surface area contributed by atoms with Crippen molar-refractivity contribution in [1.82, 2.24) is 15.1 Å². The summed E-state index contributed by atoms with van der Waals surface area (Å²) in [5.74, 6) is -0.292. The number of nitrogens with one attached hydrogen (secondary N) is 1. The van der Waals surface area contributed by atoms with Crippen LogP contribution in [0.3, 0.4) is 0 Å². The number of amides is 2. The minimum absolute atomic E-state index is 0.0787. The number of aliphatic carboxylic acids is 1. The van der Waals surface area contributed by atoms with Crippen molar-refractivity contribution < 1.29 is 14.7 Å². The topological polar surface area (TPSA) is 72.9 Å². The standard InChI is InChI=1S/C14H27N3O3/c1-11(2)17(7-4-5-13(18)19)14(20)15-9-12-6-8-16(3)10-12/h11-12H,4-10H2,1-3H3,(H,15,20)(H,18,19). The first kappa shape index (κ1) is 16.8. The van der Waals surface area contributed by atoms with Crippen molar-refractivity contribution in [3.05, 3.63) is 0 Å². The monoisotopic (exact) mass is 285 g/mol. The highest BCUT2D eigenvalue weighted by Crippen LogP contribution is 2.13. The van der Waals surface area contributed by atoms with Gasteiger partial charge in [-0.25, -0.2) is 4.79 Å². The van der Waals surface area contributed by atoms with Gasteiger partial charge >= 0.3 is 12.0 Å². The summed E-state index contributed by atoms with van der Waals surface area (Å²) in [4.78, 5) is 26.7. The average molecular weight is 285 g/mol. The van der Waals surface area contributed by atoms with Gasteiger partial charge in [-0.1, -0.05) is 0 Å². The Hall–Kier alpha value is -1.30. The molecule has 1 aliphatic heterocycles. The van der Waals surface area contributed by atoms with Crippen LogP contribution >= 0.6 is 0 Å². The molecular formula is C14H27N3O3. The van der Waals surface area contributed by atoms with Crippen molar-refractivity contribution in [2.24, 2.45) is 5.92 Å². The molecule has 6 heteroatoms. The number of carbonyl (C=O) groups is 2. The maximum Gasteiger partial charge on any atom is 0.317 e. The molecule has 0 aliphatic carbocycles. The molecule has 1 atom stereocenters. The largest absolute Gasteiger partial charge is 0.481 e. The van der Waals surface area contributed by atoms with Gasteiger partial charge in [0.05, 0.1) is 0 Å². The fraction of sp³-hybridized carbons (Fsp3) is 0.857. The van der Waals surface area contributed by atoms with Crippen LogP contribution in [0.25, 0.3) is 0 Å². The van der Waals surface area contributed by atoms with Crippen LogP contribution < -0.4 is 5.32 Å². The third kappa shape index (κ3) is 5.77. The lowest BCUT2D eigenvalue weighted by Gasteiger charge is -2.27. The number of urea groups is 1. The van der Waals surface area contributed by atoms with E-state index in [1.807, 2.05) is 13.8 Å². The van der Waals surface area contributed by atoms with E-state index in [2.05, 4.69) is 17.3 Å². The van der Waals surface area contributed by atoms with Gasteiger partial charge in [-0.2, -0.15) is 0 Å². The van der Waals surface area contributed by atoms with E-state index in [1.54, 1.807) is 4.90 Å². The molecule has 1 saturated heterocycles. The van der Waals surface area contributed by atoms with Crippen molar-refractivity contribution in [3.63, 3.8) is 0 Å². The van der Waals surface area contributed by atoms with E-state index in [1.165, 1.54) is 0 Å². The number of nitrogens with zero attached hydrogens (tertiary/aromatic N) is 2. The molecule has 0 saturated carbocycles. The summed E-state index contributed by atoms with van der Waals surface area (Å²) in [5, 5.41) is 11.6. The first-order chi connectivity index (χ1) is 9.40. The normalized spacial score (nSPS) is 19.3. The van der Waals surface area contributed by atoms with Crippen molar-refractivity contribution in [1.29, 1.82) is 0 Å². The lowest BCUT2D eigenvalue weighted by atomic mass is 10.1. The van der Waals surface area contributed by atoms with Gasteiger partial charge in [-0.3, -0.25) is 4.79 Å². The summed E-state index contributed by atoms with van der Waals surface area (Å²) >= 11 is 0. The predicted molar refractivity (Wildman–Crippen MR) is 77.7 cm³/mol. The quantitative estimate of drug-likeness (QED) is 0.738. The summed E-state index contributed by atoms with van der Waals surface area (Å²) < 4.78 is 0. The molecule has 1 unspecified atom stereocenters. The highest BCUT2D eigenvalue weighted by atomic mass is 16.4. The zero-order chi connectivity index (χ0) is 15.1. The summed E-state index contributed by atoms with van der Waals surface area (Å²) in [7, 11) is 2.09. The Morgan fingerprint density at radius 1 is 1.45 bits per heavy atom. The number of carbonyl (C=O) groups excluding carboxylic acids is 1. The van der Waals surface area contributed by atoms with Crippen molar-refractivity contribution in [2.75, 3.05) is 33.2 Å². The summed E-state index contributed by atoms with van der Waals surface area (Å²) in [5.41, 5.74) is 0. The summed E-state index contributed by atoms with van der Waals surface area (Å²) in [6.07, 6.45) is 1.72. The molecule has 0 aromatic rings. The van der Waals surface area contributed by atoms with E-state index in [4.69, 9.17) is 5.11 Å². The second-order valence-corrected chi connectivity index (χ2v) is 5.89. The Kier molecular flexibility index (Phi) is 6.78. The van der Waals surface area contributed by atoms with E-state index < -0.39 is 5.97 Å². The summed E-state index contributed by atoms with van der Waals surface area (Å²) in [6.45, 7) is 7.20. The van der Waals surface area contributed by atoms with Crippen LogP contribution in [0.15, 0.2) is 0 Å². The third-order valence-corrected chi connectivity index (χ3v) is 3.70. The molecule has 6 nitrogen and oxygen atoms in total. The molecule has 116 valence electrons. The van der Waals surface area contributed by atoms with Crippen LogP contribution in [0.4, 0.5) is 4.79 Å². The van der Waals surface area contributed by atoms with Crippen molar-refractivity contribution in [2.45, 2.75) is 39.2 Å². The van der Waals surface area contributed by atoms with E-state index in [0.29, 0.717) is 25.4 Å². The second kappa shape index (κ2) is 8.09. The second-order valence-electron chi connectivity index (χ2n) is 5.89. The number of likely N-dealkylation sites (tertiary alicyclic amines) is 1. The smallest absolute Gasteiger partial charge is 0.317 e. The molecule has 0 aromatic heterocycles. The maximum absolute atomic E-state index is 12.2. The van der Waals surface area contributed by atoms with Crippen LogP contribution in [0.2, 0.25) is 0 Å². The number of carboxylic acid groups (broad SMARTS) is 1. The molecule has 0 radical (unpaired) electrons. The number of rotatable bonds is 7. The SMILES string of the molecule is CC(C)N(CCCC(=O)O)C(=O)NCC1CCN(C)C1. The Morgan fingerprint density at radius 3 is 2.65 bits per heavy atom. The maximum atomic E-state index is 12.2. The van der Waals surface area contributed by atoms with Gasteiger partial charge in [0.15, 0.2) is 0 Å². The molecule has 0 bridgehead atoms. The average Bonchev–Trinajstić information content (AvgIpc) is 2.77. The first-order valence-corrected chi connectivity index (χ1v) is 7.35. The molecule has 0 spiro atoms. The van der Waals surface area contributed by atoms with Gasteiger partial charge in [0.2, 0.25) is 0 Å². The predicted octanol–water partition coefficient (Wildman–Crippen LogP) is 1.22. The van der Waals surface area contributed by atoms with Crippen molar-refractivity contribution in [3.8, 4) is 0 Å². The molecule has 1 aliphatic rings. The first-order valence-electron chi connectivity index (χ1n) is 7.35. The van der Waals surface area contributed by atoms with Crippen LogP contribution in [0.1, 0.15) is 33.1 Å². The molecule has 2 amide bonds. The van der Waals surface area contributed by atoms with Crippen LogP contribution in [0.5, 0.6) is 0 Å². The fourth-order valence-corrected chi connectivity index (χ4v) is 2.52. The van der Waals surface area contributed by atoms with Crippen LogP contribution in [0, 0.1) is 5.92 Å². The third-order valence-electron chi connectivity index (χ3n) is 3.70. The van der Waals surface area contributed by atoms with E-state index in [0.717, 1.165) is 19.5 Å². The molecule has 2 N–H and O–H groups in total. The van der Waals surface area contributed by atoms with E-state index >= 15 is 0 Å². The van der Waals surface area contributed by atoms with E-state index in [-0.39, 0.29) is 18.5 Å². The number of carboxylic acids is 1. The number of hydrogen-bond acceptors (Lipinski definition) is 3. The Morgan fingerprint density at radius 2 is 2.15 bits per heavy atom. The molecule has 20 heavy (non-hydrogen) atoms. The highest BCUT2D eigenvalue weighted by Gasteiger charge is 2.22. The van der Waals surface area contributed by atoms with Gasteiger partial charge in [-0.05, 0) is 46.2 Å². The zero-order valence-electron chi connectivity index (χ0n) is 12.8. The molecular weight excluding hydrogens is 258 g/mol. The highest BCUT2D eigenvalue weighted by molar-refractivity contribution is 5.74. The Bertz CT molecular complexity index is 334. The van der Waals surface area contributed by atoms with Gasteiger partial charge in [0.25, 0.3) is 0 Å². The Labute approximate surface area is 121 Å². The fourth-order valence-electron chi connectivity index (χ4n) is 2.52. The van der Waals surface area contributed by atoms with Gasteiger partial charge in [0, 0.05) is 32.1 Å². The van der Waals surface area contributed by atoms with Crippen molar-refractivity contribution >= 4 is 12.0 Å². The van der Waals surface area contributed by atoms with E-state index in [9.17, 15) is 9.59 Å². The zero-order valence-corrected chi connectivity index (χ0v) is 12.8. The summed E-state index contributed by atoms with van der Waals surface area (Å²) in [6, 6.07) is -0.00464. The van der Waals surface area contributed by atoms with Gasteiger partial charge < -0.3 is 20.2 Å². The lowest BCUT2D eigenvalue weighted by Crippen LogP contribution is -2.46. The Balaban J connectivity index is 2.33. The molecule has 1 rings (SSSR count). The van der Waals surface area contributed by atoms with Crippen LogP contribution in [-0.4, -0.2) is 66.2 Å². The lowest BCUT2D eigenvalue weighted by molar-refractivity contribution is -0.137. The minimum atomic E-state index is -0.817. The number of hydrogen-bond donors (Lipinski definition) is 2. The van der Waals surface area contributed by atoms with Crippen LogP contribution in [-0.2, 0) is 4.79 Å². The van der Waals surface area contributed by atoms with Gasteiger partial charge in [0.1, 0.15) is 0 Å².